The van der Waals surface area contributed by atoms with E-state index in [2.05, 4.69) is 5.16 Å². The van der Waals surface area contributed by atoms with Crippen LogP contribution in [0.4, 0.5) is 0 Å². The van der Waals surface area contributed by atoms with Crippen LogP contribution in [0.1, 0.15) is 5.76 Å². The molecule has 0 atom stereocenters. The molecular formula is C11H10N2O2. The van der Waals surface area contributed by atoms with E-state index >= 15 is 0 Å². The topological polar surface area (TPSA) is 65.2 Å². The average Bonchev–Trinajstić information content (AvgIpc) is 2.79. The molecule has 2 heterocycles. The summed E-state index contributed by atoms with van der Waals surface area (Å²) < 4.78 is 10.8. The average molecular weight is 202 g/mol. The fourth-order valence-corrected chi connectivity index (χ4v) is 1.74. The SMILES string of the molecule is NCCc1onc2c1oc1ccccc12. The number of rotatable bonds is 2. The summed E-state index contributed by atoms with van der Waals surface area (Å²) in [6.07, 6.45) is 0.649. The van der Waals surface area contributed by atoms with Crippen molar-refractivity contribution in [2.24, 2.45) is 5.73 Å². The first-order valence-corrected chi connectivity index (χ1v) is 4.86. The molecule has 0 saturated heterocycles. The Labute approximate surface area is 85.6 Å². The van der Waals surface area contributed by atoms with Crippen LogP contribution in [0.25, 0.3) is 22.1 Å². The zero-order valence-corrected chi connectivity index (χ0v) is 8.06. The van der Waals surface area contributed by atoms with Gasteiger partial charge in [0, 0.05) is 6.42 Å². The van der Waals surface area contributed by atoms with Gasteiger partial charge in [0.2, 0.25) is 0 Å². The number of nitrogens with two attached hydrogens (primary N) is 1. The van der Waals surface area contributed by atoms with Crippen LogP contribution < -0.4 is 5.73 Å². The van der Waals surface area contributed by atoms with Gasteiger partial charge in [-0.15, -0.1) is 0 Å². The molecular weight excluding hydrogens is 192 g/mol. The number of benzene rings is 1. The lowest BCUT2D eigenvalue weighted by Crippen LogP contribution is -2.01. The third-order valence-corrected chi connectivity index (χ3v) is 2.44. The molecule has 4 heteroatoms. The van der Waals surface area contributed by atoms with Crippen molar-refractivity contribution in [1.29, 1.82) is 0 Å². The Hall–Kier alpha value is -1.81. The molecule has 2 N–H and O–H groups in total. The van der Waals surface area contributed by atoms with Gasteiger partial charge in [0.25, 0.3) is 0 Å². The number of aromatic nitrogens is 1. The molecule has 0 bridgehead atoms. The fourth-order valence-electron chi connectivity index (χ4n) is 1.74. The first-order valence-electron chi connectivity index (χ1n) is 4.86. The minimum absolute atomic E-state index is 0.529. The van der Waals surface area contributed by atoms with Crippen LogP contribution in [0.15, 0.2) is 33.2 Å². The fraction of sp³-hybridized carbons (Fsp3) is 0.182. The highest BCUT2D eigenvalue weighted by molar-refractivity contribution is 6.02. The van der Waals surface area contributed by atoms with Crippen molar-refractivity contribution in [3.05, 3.63) is 30.0 Å². The Bertz CT molecular complexity index is 609. The molecule has 3 rings (SSSR count). The van der Waals surface area contributed by atoms with Crippen LogP contribution in [0, 0.1) is 0 Å². The molecule has 2 aromatic heterocycles. The van der Waals surface area contributed by atoms with Crippen LogP contribution in [-0.2, 0) is 6.42 Å². The van der Waals surface area contributed by atoms with Crippen molar-refractivity contribution in [2.45, 2.75) is 6.42 Å². The second-order valence-corrected chi connectivity index (χ2v) is 3.42. The molecule has 0 amide bonds. The highest BCUT2D eigenvalue weighted by Crippen LogP contribution is 2.29. The smallest absolute Gasteiger partial charge is 0.198 e. The van der Waals surface area contributed by atoms with E-state index in [0.29, 0.717) is 13.0 Å². The number of para-hydroxylation sites is 1. The van der Waals surface area contributed by atoms with Crippen LogP contribution in [0.3, 0.4) is 0 Å². The monoisotopic (exact) mass is 202 g/mol. The van der Waals surface area contributed by atoms with Crippen LogP contribution >= 0.6 is 0 Å². The van der Waals surface area contributed by atoms with E-state index in [9.17, 15) is 0 Å². The quantitative estimate of drug-likeness (QED) is 0.690. The molecule has 1 aromatic carbocycles. The second-order valence-electron chi connectivity index (χ2n) is 3.42. The summed E-state index contributed by atoms with van der Waals surface area (Å²) in [7, 11) is 0. The molecule has 0 saturated carbocycles. The molecule has 4 nitrogen and oxygen atoms in total. The molecule has 0 aliphatic carbocycles. The third-order valence-electron chi connectivity index (χ3n) is 2.44. The van der Waals surface area contributed by atoms with Gasteiger partial charge in [0.05, 0.1) is 5.39 Å². The predicted octanol–water partition coefficient (Wildman–Crippen LogP) is 2.08. The van der Waals surface area contributed by atoms with Crippen molar-refractivity contribution in [3.8, 4) is 0 Å². The Morgan fingerprint density at radius 3 is 3.00 bits per heavy atom. The summed E-state index contributed by atoms with van der Waals surface area (Å²) in [4.78, 5) is 0. The highest BCUT2D eigenvalue weighted by Gasteiger charge is 2.15. The zero-order chi connectivity index (χ0) is 10.3. The van der Waals surface area contributed by atoms with Crippen molar-refractivity contribution < 1.29 is 8.94 Å². The summed E-state index contributed by atoms with van der Waals surface area (Å²) in [5.74, 6) is 0.726. The normalized spacial score (nSPS) is 11.5. The largest absolute Gasteiger partial charge is 0.451 e. The zero-order valence-electron chi connectivity index (χ0n) is 8.06. The minimum Gasteiger partial charge on any atom is -0.451 e. The molecule has 0 fully saturated rings. The lowest BCUT2D eigenvalue weighted by molar-refractivity contribution is 0.388. The molecule has 0 aliphatic heterocycles. The van der Waals surface area contributed by atoms with Gasteiger partial charge in [-0.3, -0.25) is 0 Å². The van der Waals surface area contributed by atoms with E-state index in [1.54, 1.807) is 0 Å². The standard InChI is InChI=1S/C11H10N2O2/c12-6-5-9-11-10(13-15-9)7-3-1-2-4-8(7)14-11/h1-4H,5-6,12H2. The van der Waals surface area contributed by atoms with E-state index in [0.717, 1.165) is 27.8 Å². The van der Waals surface area contributed by atoms with Gasteiger partial charge in [-0.25, -0.2) is 0 Å². The first-order chi connectivity index (χ1) is 7.40. The summed E-state index contributed by atoms with van der Waals surface area (Å²) >= 11 is 0. The highest BCUT2D eigenvalue weighted by atomic mass is 16.5. The van der Waals surface area contributed by atoms with Crippen LogP contribution in [0.2, 0.25) is 0 Å². The third kappa shape index (κ3) is 1.15. The minimum atomic E-state index is 0.529. The van der Waals surface area contributed by atoms with Gasteiger partial charge in [0.1, 0.15) is 5.58 Å². The first kappa shape index (κ1) is 8.49. The van der Waals surface area contributed by atoms with Gasteiger partial charge in [-0.2, -0.15) is 0 Å². The van der Waals surface area contributed by atoms with Gasteiger partial charge in [0.15, 0.2) is 16.9 Å². The Morgan fingerprint density at radius 2 is 2.13 bits per heavy atom. The molecule has 0 unspecified atom stereocenters. The van der Waals surface area contributed by atoms with E-state index in [4.69, 9.17) is 14.7 Å². The van der Waals surface area contributed by atoms with Crippen LogP contribution in [-0.4, -0.2) is 11.7 Å². The van der Waals surface area contributed by atoms with Gasteiger partial charge in [-0.05, 0) is 18.7 Å². The van der Waals surface area contributed by atoms with Crippen molar-refractivity contribution in [2.75, 3.05) is 6.54 Å². The number of fused-ring (bicyclic) bond motifs is 3. The molecule has 76 valence electrons. The van der Waals surface area contributed by atoms with E-state index in [1.807, 2.05) is 24.3 Å². The van der Waals surface area contributed by atoms with Gasteiger partial charge in [-0.1, -0.05) is 17.3 Å². The number of furan rings is 1. The maximum Gasteiger partial charge on any atom is 0.198 e. The lowest BCUT2D eigenvalue weighted by Gasteiger charge is -1.88. The van der Waals surface area contributed by atoms with Gasteiger partial charge < -0.3 is 14.7 Å². The summed E-state index contributed by atoms with van der Waals surface area (Å²) in [5, 5.41) is 4.99. The van der Waals surface area contributed by atoms with Crippen molar-refractivity contribution in [3.63, 3.8) is 0 Å². The lowest BCUT2D eigenvalue weighted by atomic mass is 10.2. The number of nitrogens with zero attached hydrogens (tertiary/aromatic N) is 1. The maximum atomic E-state index is 5.66. The van der Waals surface area contributed by atoms with Crippen molar-refractivity contribution in [1.82, 2.24) is 5.16 Å². The van der Waals surface area contributed by atoms with Crippen molar-refractivity contribution >= 4 is 22.1 Å². The summed E-state index contributed by atoms with van der Waals surface area (Å²) in [5.41, 5.74) is 7.82. The summed E-state index contributed by atoms with van der Waals surface area (Å²) in [6, 6.07) is 7.78. The molecule has 0 aliphatic rings. The number of hydrogen-bond acceptors (Lipinski definition) is 4. The predicted molar refractivity (Wildman–Crippen MR) is 56.5 cm³/mol. The second kappa shape index (κ2) is 3.10. The number of hydrogen-bond donors (Lipinski definition) is 1. The Morgan fingerprint density at radius 1 is 1.27 bits per heavy atom. The van der Waals surface area contributed by atoms with Crippen LogP contribution in [0.5, 0.6) is 0 Å². The Kier molecular flexibility index (Phi) is 1.76. The maximum absolute atomic E-state index is 5.66. The summed E-state index contributed by atoms with van der Waals surface area (Å²) in [6.45, 7) is 0.529. The van der Waals surface area contributed by atoms with E-state index < -0.39 is 0 Å². The van der Waals surface area contributed by atoms with Gasteiger partial charge >= 0.3 is 0 Å². The molecule has 0 radical (unpaired) electrons. The molecule has 3 aromatic rings. The Balaban J connectivity index is 2.35. The molecule has 0 spiro atoms. The molecule has 15 heavy (non-hydrogen) atoms. The van der Waals surface area contributed by atoms with E-state index in [-0.39, 0.29) is 0 Å². The van der Waals surface area contributed by atoms with E-state index in [1.165, 1.54) is 0 Å².